The molecule has 2 nitrogen and oxygen atoms in total. The van der Waals surface area contributed by atoms with Crippen LogP contribution in [0.15, 0.2) is 23.8 Å². The summed E-state index contributed by atoms with van der Waals surface area (Å²) in [6, 6.07) is 0.721. The molecule has 14 heavy (non-hydrogen) atoms. The number of allylic oxidation sites excluding steroid dienone is 3. The average Bonchev–Trinajstić information content (AvgIpc) is 2.93. The molecule has 0 aromatic carbocycles. The van der Waals surface area contributed by atoms with Crippen LogP contribution in [0.1, 0.15) is 27.2 Å². The summed E-state index contributed by atoms with van der Waals surface area (Å²) in [5.41, 5.74) is 4.72. The Balaban J connectivity index is 2.41. The second-order valence-electron chi connectivity index (χ2n) is 3.91. The monoisotopic (exact) mass is 194 g/mol. The zero-order valence-electron chi connectivity index (χ0n) is 9.75. The van der Waals surface area contributed by atoms with E-state index in [1.54, 1.807) is 5.57 Å². The minimum absolute atomic E-state index is 0.587. The summed E-state index contributed by atoms with van der Waals surface area (Å²) in [7, 11) is 1.99. The molecular formula is C12H22N2. The van der Waals surface area contributed by atoms with E-state index in [9.17, 15) is 0 Å². The summed E-state index contributed by atoms with van der Waals surface area (Å²) < 4.78 is 0. The fourth-order valence-electron chi connectivity index (χ4n) is 1.88. The third-order valence-corrected chi connectivity index (χ3v) is 2.91. The highest BCUT2D eigenvalue weighted by molar-refractivity contribution is 5.14. The SMILES string of the molecule is CC=CC(C)C(=CC)CC1CN1NC. The Bertz CT molecular complexity index is 230. The van der Waals surface area contributed by atoms with Crippen molar-refractivity contribution in [3.05, 3.63) is 23.8 Å². The van der Waals surface area contributed by atoms with Crippen molar-refractivity contribution in [2.75, 3.05) is 13.6 Å². The van der Waals surface area contributed by atoms with Crippen molar-refractivity contribution >= 4 is 0 Å². The third kappa shape index (κ3) is 2.96. The van der Waals surface area contributed by atoms with Crippen LogP contribution in [0, 0.1) is 5.92 Å². The van der Waals surface area contributed by atoms with Gasteiger partial charge >= 0.3 is 0 Å². The smallest absolute Gasteiger partial charge is 0.0422 e. The second kappa shape index (κ2) is 5.32. The van der Waals surface area contributed by atoms with Crippen molar-refractivity contribution in [3.8, 4) is 0 Å². The second-order valence-corrected chi connectivity index (χ2v) is 3.91. The highest BCUT2D eigenvalue weighted by atomic mass is 15.6. The first-order valence-electron chi connectivity index (χ1n) is 5.44. The van der Waals surface area contributed by atoms with Gasteiger partial charge in [-0.1, -0.05) is 30.7 Å². The van der Waals surface area contributed by atoms with Gasteiger partial charge in [0, 0.05) is 12.6 Å². The Morgan fingerprint density at radius 3 is 2.71 bits per heavy atom. The van der Waals surface area contributed by atoms with E-state index in [0.717, 1.165) is 6.04 Å². The summed E-state index contributed by atoms with van der Waals surface area (Å²) in [4.78, 5) is 0. The molecule has 3 unspecified atom stereocenters. The van der Waals surface area contributed by atoms with Gasteiger partial charge in [0.15, 0.2) is 0 Å². The van der Waals surface area contributed by atoms with Crippen molar-refractivity contribution in [2.45, 2.75) is 33.2 Å². The molecule has 2 heteroatoms. The number of hydrazine groups is 1. The van der Waals surface area contributed by atoms with Gasteiger partial charge in [0.05, 0.1) is 0 Å². The Hall–Kier alpha value is -0.600. The maximum Gasteiger partial charge on any atom is 0.0422 e. The van der Waals surface area contributed by atoms with Gasteiger partial charge in [-0.3, -0.25) is 5.43 Å². The van der Waals surface area contributed by atoms with Crippen molar-refractivity contribution in [1.29, 1.82) is 0 Å². The summed E-state index contributed by atoms with van der Waals surface area (Å²) in [5, 5.41) is 2.27. The largest absolute Gasteiger partial charge is 0.258 e. The fourth-order valence-corrected chi connectivity index (χ4v) is 1.88. The summed E-state index contributed by atoms with van der Waals surface area (Å²) in [6.45, 7) is 7.68. The standard InChI is InChI=1S/C12H22N2/c1-5-7-10(3)11(6-2)8-12-9-14(12)13-4/h5-7,10,12-13H,8-9H2,1-4H3. The van der Waals surface area contributed by atoms with Crippen LogP contribution in [-0.4, -0.2) is 24.6 Å². The average molecular weight is 194 g/mol. The molecule has 0 aromatic rings. The van der Waals surface area contributed by atoms with Gasteiger partial charge in [0.25, 0.3) is 0 Å². The Labute approximate surface area is 87.6 Å². The van der Waals surface area contributed by atoms with Crippen LogP contribution in [0.5, 0.6) is 0 Å². The highest BCUT2D eigenvalue weighted by Crippen LogP contribution is 2.26. The lowest BCUT2D eigenvalue weighted by atomic mass is 9.96. The molecule has 0 aromatic heterocycles. The maximum absolute atomic E-state index is 3.18. The lowest BCUT2D eigenvalue weighted by Gasteiger charge is -2.11. The first-order valence-corrected chi connectivity index (χ1v) is 5.44. The molecule has 1 aliphatic heterocycles. The van der Waals surface area contributed by atoms with Crippen molar-refractivity contribution in [2.24, 2.45) is 5.92 Å². The molecule has 1 aliphatic rings. The molecule has 1 fully saturated rings. The van der Waals surface area contributed by atoms with E-state index in [2.05, 4.69) is 49.4 Å². The summed E-state index contributed by atoms with van der Waals surface area (Å²) in [5.74, 6) is 0.587. The third-order valence-electron chi connectivity index (χ3n) is 2.91. The van der Waals surface area contributed by atoms with E-state index in [1.807, 2.05) is 7.05 Å². The predicted octanol–water partition coefficient (Wildman–Crippen LogP) is 2.35. The highest BCUT2D eigenvalue weighted by Gasteiger charge is 2.33. The number of nitrogens with zero attached hydrogens (tertiary/aromatic N) is 1. The lowest BCUT2D eigenvalue weighted by Crippen LogP contribution is -2.17. The molecular weight excluding hydrogens is 172 g/mol. The van der Waals surface area contributed by atoms with Crippen LogP contribution >= 0.6 is 0 Å². The summed E-state index contributed by atoms with van der Waals surface area (Å²) >= 11 is 0. The van der Waals surface area contributed by atoms with Crippen LogP contribution in [0.25, 0.3) is 0 Å². The molecule has 0 radical (unpaired) electrons. The zero-order valence-corrected chi connectivity index (χ0v) is 9.75. The van der Waals surface area contributed by atoms with E-state index in [4.69, 9.17) is 0 Å². The molecule has 1 heterocycles. The van der Waals surface area contributed by atoms with Crippen molar-refractivity contribution in [1.82, 2.24) is 10.4 Å². The molecule has 0 saturated carbocycles. The van der Waals surface area contributed by atoms with Gasteiger partial charge in [0.2, 0.25) is 0 Å². The van der Waals surface area contributed by atoms with Crippen LogP contribution in [-0.2, 0) is 0 Å². The van der Waals surface area contributed by atoms with Crippen molar-refractivity contribution in [3.63, 3.8) is 0 Å². The van der Waals surface area contributed by atoms with Gasteiger partial charge < -0.3 is 0 Å². The first-order chi connectivity index (χ1) is 6.72. The zero-order chi connectivity index (χ0) is 10.6. The quantitative estimate of drug-likeness (QED) is 0.534. The number of hydrogen-bond donors (Lipinski definition) is 1. The molecule has 1 N–H and O–H groups in total. The van der Waals surface area contributed by atoms with E-state index in [-0.39, 0.29) is 0 Å². The van der Waals surface area contributed by atoms with Gasteiger partial charge in [0.1, 0.15) is 0 Å². The van der Waals surface area contributed by atoms with Crippen molar-refractivity contribution < 1.29 is 0 Å². The van der Waals surface area contributed by atoms with E-state index in [1.165, 1.54) is 13.0 Å². The van der Waals surface area contributed by atoms with Gasteiger partial charge in [-0.05, 0) is 33.2 Å². The number of nitrogens with one attached hydrogen (secondary N) is 1. The minimum Gasteiger partial charge on any atom is -0.258 e. The van der Waals surface area contributed by atoms with Gasteiger partial charge in [-0.25, -0.2) is 5.01 Å². The van der Waals surface area contributed by atoms with Crippen LogP contribution in [0.2, 0.25) is 0 Å². The molecule has 1 saturated heterocycles. The number of rotatable bonds is 5. The normalized spacial score (nSPS) is 29.6. The Kier molecular flexibility index (Phi) is 4.36. The molecule has 0 bridgehead atoms. The van der Waals surface area contributed by atoms with Crippen LogP contribution < -0.4 is 5.43 Å². The topological polar surface area (TPSA) is 15.0 Å². The molecule has 3 atom stereocenters. The predicted molar refractivity (Wildman–Crippen MR) is 61.9 cm³/mol. The van der Waals surface area contributed by atoms with Gasteiger partial charge in [-0.2, -0.15) is 0 Å². The van der Waals surface area contributed by atoms with E-state index >= 15 is 0 Å². The first kappa shape index (κ1) is 11.5. The molecule has 0 spiro atoms. The minimum atomic E-state index is 0.587. The molecule has 80 valence electrons. The Morgan fingerprint density at radius 1 is 1.57 bits per heavy atom. The number of hydrogen-bond acceptors (Lipinski definition) is 2. The summed E-state index contributed by atoms with van der Waals surface area (Å²) in [6.07, 6.45) is 7.86. The maximum atomic E-state index is 3.18. The van der Waals surface area contributed by atoms with Crippen LogP contribution in [0.4, 0.5) is 0 Å². The van der Waals surface area contributed by atoms with E-state index < -0.39 is 0 Å². The van der Waals surface area contributed by atoms with Gasteiger partial charge in [-0.15, -0.1) is 0 Å². The molecule has 0 aliphatic carbocycles. The van der Waals surface area contributed by atoms with E-state index in [0.29, 0.717) is 5.92 Å². The molecule has 0 amide bonds. The Morgan fingerprint density at radius 2 is 2.29 bits per heavy atom. The lowest BCUT2D eigenvalue weighted by molar-refractivity contribution is 0.409. The molecule has 1 rings (SSSR count). The fraction of sp³-hybridized carbons (Fsp3) is 0.667. The van der Waals surface area contributed by atoms with Crippen LogP contribution in [0.3, 0.4) is 0 Å².